The van der Waals surface area contributed by atoms with Crippen molar-refractivity contribution < 1.29 is 43.9 Å². The lowest BCUT2D eigenvalue weighted by Crippen LogP contribution is -2.33. The maximum Gasteiger partial charge on any atom is 0.458 e. The highest BCUT2D eigenvalue weighted by atomic mass is 35.5. The minimum absolute atomic E-state index is 0.147. The molecule has 0 fully saturated rings. The Morgan fingerprint density at radius 2 is 0.821 bits per heavy atom. The highest BCUT2D eigenvalue weighted by Gasteiger charge is 2.59. The van der Waals surface area contributed by atoms with Crippen LogP contribution in [0.3, 0.4) is 0 Å². The first-order chi connectivity index (χ1) is 12.5. The standard InChI is InChI=1S/2C7H3ClF5N/c2*8-5-2-1-4(3-14-5)6(9,10)7(11,12)13/h2*1-3H. The van der Waals surface area contributed by atoms with Crippen LogP contribution in [-0.4, -0.2) is 22.3 Å². The molecule has 0 aliphatic heterocycles. The van der Waals surface area contributed by atoms with Gasteiger partial charge < -0.3 is 0 Å². The van der Waals surface area contributed by atoms with Crippen molar-refractivity contribution in [1.82, 2.24) is 9.97 Å². The Hall–Kier alpha value is -1.82. The lowest BCUT2D eigenvalue weighted by atomic mass is 10.1. The Labute approximate surface area is 160 Å². The number of rotatable bonds is 2. The molecule has 0 radical (unpaired) electrons. The third-order valence-corrected chi connectivity index (χ3v) is 3.34. The van der Waals surface area contributed by atoms with E-state index in [1.165, 1.54) is 0 Å². The van der Waals surface area contributed by atoms with E-state index in [-0.39, 0.29) is 10.3 Å². The summed E-state index contributed by atoms with van der Waals surface area (Å²) in [7, 11) is 0. The molecule has 2 aromatic rings. The molecule has 2 nitrogen and oxygen atoms in total. The van der Waals surface area contributed by atoms with Gasteiger partial charge in [-0.2, -0.15) is 43.9 Å². The second kappa shape index (κ2) is 8.27. The largest absolute Gasteiger partial charge is 0.458 e. The third kappa shape index (κ3) is 5.60. The van der Waals surface area contributed by atoms with Crippen molar-refractivity contribution in [2.45, 2.75) is 24.2 Å². The number of nitrogens with zero attached hydrogens (tertiary/aromatic N) is 2. The normalized spacial score (nSPS) is 13.0. The second-order valence-electron chi connectivity index (χ2n) is 4.88. The van der Waals surface area contributed by atoms with E-state index >= 15 is 0 Å². The molecule has 0 amide bonds. The molecule has 0 aromatic carbocycles. The minimum Gasteiger partial charge on any atom is -0.244 e. The fraction of sp³-hybridized carbons (Fsp3) is 0.286. The zero-order chi connectivity index (χ0) is 22.0. The van der Waals surface area contributed by atoms with Crippen LogP contribution in [0.1, 0.15) is 11.1 Å². The molecule has 2 aromatic heterocycles. The molecule has 2 rings (SSSR count). The smallest absolute Gasteiger partial charge is 0.244 e. The number of pyridine rings is 2. The van der Waals surface area contributed by atoms with Crippen molar-refractivity contribution in [3.05, 3.63) is 58.1 Å². The zero-order valence-electron chi connectivity index (χ0n) is 12.9. The van der Waals surface area contributed by atoms with E-state index in [2.05, 4.69) is 9.97 Å². The van der Waals surface area contributed by atoms with Gasteiger partial charge in [0.05, 0.1) is 0 Å². The van der Waals surface area contributed by atoms with Gasteiger partial charge in [-0.15, -0.1) is 0 Å². The Morgan fingerprint density at radius 3 is 1.00 bits per heavy atom. The quantitative estimate of drug-likeness (QED) is 0.363. The molecule has 0 atom stereocenters. The molecular formula is C14H6Cl2F10N2. The first-order valence-corrected chi connectivity index (χ1v) is 7.39. The van der Waals surface area contributed by atoms with Gasteiger partial charge in [0, 0.05) is 23.5 Å². The van der Waals surface area contributed by atoms with Crippen molar-refractivity contribution in [3.63, 3.8) is 0 Å². The monoisotopic (exact) mass is 462 g/mol. The summed E-state index contributed by atoms with van der Waals surface area (Å²) in [6, 6.07) is 2.92. The average Bonchev–Trinajstić information content (AvgIpc) is 2.54. The first kappa shape index (κ1) is 24.2. The van der Waals surface area contributed by atoms with Gasteiger partial charge in [-0.1, -0.05) is 23.2 Å². The van der Waals surface area contributed by atoms with E-state index in [4.69, 9.17) is 23.2 Å². The van der Waals surface area contributed by atoms with Gasteiger partial charge in [-0.05, 0) is 24.3 Å². The number of hydrogen-bond acceptors (Lipinski definition) is 2. The molecule has 14 heteroatoms. The minimum atomic E-state index is -5.62. The van der Waals surface area contributed by atoms with Crippen molar-refractivity contribution in [2.75, 3.05) is 0 Å². The molecule has 0 spiro atoms. The maximum absolute atomic E-state index is 12.6. The van der Waals surface area contributed by atoms with Crippen LogP contribution < -0.4 is 0 Å². The lowest BCUT2D eigenvalue weighted by molar-refractivity contribution is -0.289. The molecule has 0 saturated carbocycles. The van der Waals surface area contributed by atoms with Gasteiger partial charge in [0.25, 0.3) is 0 Å². The fourth-order valence-corrected chi connectivity index (χ4v) is 1.67. The summed E-state index contributed by atoms with van der Waals surface area (Å²) in [5, 5.41) is -0.293. The van der Waals surface area contributed by atoms with Crippen molar-refractivity contribution in [1.29, 1.82) is 0 Å². The predicted octanol–water partition coefficient (Wildman–Crippen LogP) is 6.78. The van der Waals surface area contributed by atoms with E-state index < -0.39 is 35.3 Å². The summed E-state index contributed by atoms with van der Waals surface area (Å²) in [6.45, 7) is 0. The Kier molecular flexibility index (Phi) is 7.16. The molecule has 0 aliphatic rings. The molecule has 0 saturated heterocycles. The summed E-state index contributed by atoms with van der Waals surface area (Å²) in [5.41, 5.74) is -2.45. The topological polar surface area (TPSA) is 25.8 Å². The highest BCUT2D eigenvalue weighted by Crippen LogP contribution is 2.44. The van der Waals surface area contributed by atoms with Crippen molar-refractivity contribution >= 4 is 23.2 Å². The Morgan fingerprint density at radius 1 is 0.536 bits per heavy atom. The summed E-state index contributed by atoms with van der Waals surface area (Å²) in [4.78, 5) is 6.29. The van der Waals surface area contributed by atoms with Gasteiger partial charge in [0.15, 0.2) is 0 Å². The molecule has 28 heavy (non-hydrogen) atoms. The Balaban J connectivity index is 0.000000280. The van der Waals surface area contributed by atoms with Gasteiger partial charge in [-0.3, -0.25) is 0 Å². The van der Waals surface area contributed by atoms with E-state index in [0.29, 0.717) is 24.5 Å². The molecule has 0 aliphatic carbocycles. The molecule has 156 valence electrons. The molecule has 0 bridgehead atoms. The Bertz CT molecular complexity index is 703. The zero-order valence-corrected chi connectivity index (χ0v) is 14.4. The van der Waals surface area contributed by atoms with Crippen LogP contribution in [0.4, 0.5) is 43.9 Å². The van der Waals surface area contributed by atoms with Crippen LogP contribution >= 0.6 is 23.2 Å². The fourth-order valence-electron chi connectivity index (χ4n) is 1.45. The summed E-state index contributed by atoms with van der Waals surface area (Å²) < 4.78 is 121. The molecule has 0 N–H and O–H groups in total. The average molecular weight is 463 g/mol. The number of alkyl halides is 10. The lowest BCUT2D eigenvalue weighted by Gasteiger charge is -2.19. The van der Waals surface area contributed by atoms with Crippen LogP contribution in [0, 0.1) is 0 Å². The van der Waals surface area contributed by atoms with Crippen LogP contribution in [0.2, 0.25) is 10.3 Å². The van der Waals surface area contributed by atoms with E-state index in [1.54, 1.807) is 0 Å². The number of aromatic nitrogens is 2. The van der Waals surface area contributed by atoms with E-state index in [9.17, 15) is 43.9 Å². The molecule has 2 heterocycles. The SMILES string of the molecule is FC(F)(F)C(F)(F)c1ccc(Cl)nc1.FC(F)(F)C(F)(F)c1ccc(Cl)nc1. The van der Waals surface area contributed by atoms with E-state index in [1.807, 2.05) is 0 Å². The summed E-state index contributed by atoms with van der Waals surface area (Å²) >= 11 is 10.5. The summed E-state index contributed by atoms with van der Waals surface area (Å²) in [5.74, 6) is -9.80. The third-order valence-electron chi connectivity index (χ3n) is 2.89. The van der Waals surface area contributed by atoms with Crippen LogP contribution in [0.15, 0.2) is 36.7 Å². The predicted molar refractivity (Wildman–Crippen MR) is 78.4 cm³/mol. The number of hydrogen-bond donors (Lipinski definition) is 0. The summed E-state index contributed by atoms with van der Waals surface area (Å²) in [6.07, 6.45) is -10.4. The van der Waals surface area contributed by atoms with Gasteiger partial charge >= 0.3 is 24.2 Å². The molecular weight excluding hydrogens is 457 g/mol. The van der Waals surface area contributed by atoms with Gasteiger partial charge in [0.1, 0.15) is 10.3 Å². The molecule has 0 unspecified atom stereocenters. The van der Waals surface area contributed by atoms with Crippen molar-refractivity contribution in [2.24, 2.45) is 0 Å². The van der Waals surface area contributed by atoms with Crippen LogP contribution in [0.5, 0.6) is 0 Å². The second-order valence-corrected chi connectivity index (χ2v) is 5.66. The van der Waals surface area contributed by atoms with E-state index in [0.717, 1.165) is 12.1 Å². The van der Waals surface area contributed by atoms with Gasteiger partial charge in [0.2, 0.25) is 0 Å². The number of halogens is 12. The van der Waals surface area contributed by atoms with Crippen LogP contribution in [-0.2, 0) is 11.8 Å². The van der Waals surface area contributed by atoms with Crippen LogP contribution in [0.25, 0.3) is 0 Å². The first-order valence-electron chi connectivity index (χ1n) is 6.63. The maximum atomic E-state index is 12.6. The van der Waals surface area contributed by atoms with Gasteiger partial charge in [-0.25, -0.2) is 9.97 Å². The highest BCUT2D eigenvalue weighted by molar-refractivity contribution is 6.29. The van der Waals surface area contributed by atoms with Crippen molar-refractivity contribution in [3.8, 4) is 0 Å².